The van der Waals surface area contributed by atoms with Crippen molar-refractivity contribution >= 4 is 5.97 Å². The molecular weight excluding hydrogens is 676 g/mol. The number of carbonyl (C=O) groups excluding carboxylic acids is 1. The van der Waals surface area contributed by atoms with Gasteiger partial charge in [0.2, 0.25) is 0 Å². The van der Waals surface area contributed by atoms with E-state index in [1.807, 2.05) is 51.7 Å². The lowest BCUT2D eigenvalue weighted by Gasteiger charge is -2.48. The quantitative estimate of drug-likeness (QED) is 0.238. The summed E-state index contributed by atoms with van der Waals surface area (Å²) in [4.78, 5) is 18.0. The van der Waals surface area contributed by atoms with Crippen LogP contribution in [0.1, 0.15) is 94.9 Å². The molecule has 0 bridgehead atoms. The van der Waals surface area contributed by atoms with Crippen molar-refractivity contribution in [2.75, 3.05) is 34.8 Å². The van der Waals surface area contributed by atoms with Crippen LogP contribution in [0.5, 0.6) is 0 Å². The van der Waals surface area contributed by atoms with Gasteiger partial charge in [0.05, 0.1) is 41.5 Å². The molecule has 52 heavy (non-hydrogen) atoms. The predicted molar refractivity (Wildman–Crippen MR) is 194 cm³/mol. The normalized spacial score (nSPS) is 49.6. The summed E-state index contributed by atoms with van der Waals surface area (Å²) >= 11 is 0. The van der Waals surface area contributed by atoms with E-state index in [9.17, 15) is 30.3 Å². The van der Waals surface area contributed by atoms with E-state index in [2.05, 4.69) is 0 Å². The Morgan fingerprint density at radius 3 is 2.12 bits per heavy atom. The summed E-state index contributed by atoms with van der Waals surface area (Å²) in [6.45, 7) is 18.0. The van der Waals surface area contributed by atoms with E-state index in [-0.39, 0.29) is 37.3 Å². The number of hydrogen-bond donors (Lipinski definition) is 5. The number of nitrogens with zero attached hydrogens (tertiary/aromatic N) is 2. The molecule has 2 unspecified atom stereocenters. The van der Waals surface area contributed by atoms with Gasteiger partial charge in [0.25, 0.3) is 0 Å². The first-order valence-electron chi connectivity index (χ1n) is 19.1. The highest BCUT2D eigenvalue weighted by molar-refractivity contribution is 5.73. The molecule has 0 aliphatic carbocycles. The average Bonchev–Trinajstić information content (AvgIpc) is 3.05. The Kier molecular flexibility index (Phi) is 15.6. The zero-order valence-corrected chi connectivity index (χ0v) is 34.2. The largest absolute Gasteiger partial charge is 0.459 e. The molecule has 3 saturated heterocycles. The highest BCUT2D eigenvalue weighted by atomic mass is 16.7. The minimum Gasteiger partial charge on any atom is -0.459 e. The molecule has 14 heteroatoms. The molecule has 0 radical (unpaired) electrons. The standard InChI is InChI=1S/C38H72N2O12/c1-15-27-38(10,46)31(42)24(6)40(13)19-20(2)17-36(8,45)33(52-35-29(41)26(39(11)12)16-21(3)48-35)22(4)30(23(5)34(44)50-27)51-28-18-37(9,47-14)32(43)25(7)49-28/h20-33,35,41-43,45-46H,15-19H2,1-14H3/t20-,21-,22?,23-,24-,25+,26?,27-,28+,29-,30+,31-,32+,33-,35+,36-,37-,38-/m1/s1. The third kappa shape index (κ3) is 10.0. The average molecular weight is 749 g/mol. The van der Waals surface area contributed by atoms with Crippen LogP contribution in [0, 0.1) is 17.8 Å². The third-order valence-corrected chi connectivity index (χ3v) is 12.2. The van der Waals surface area contributed by atoms with Gasteiger partial charge in [0.1, 0.15) is 30.0 Å². The van der Waals surface area contributed by atoms with E-state index < -0.39 is 96.0 Å². The van der Waals surface area contributed by atoms with Crippen LogP contribution in [0.25, 0.3) is 0 Å². The van der Waals surface area contributed by atoms with E-state index >= 15 is 0 Å². The van der Waals surface area contributed by atoms with Crippen LogP contribution in [0.15, 0.2) is 0 Å². The molecule has 0 aromatic carbocycles. The van der Waals surface area contributed by atoms with Crippen molar-refractivity contribution in [3.05, 3.63) is 0 Å². The van der Waals surface area contributed by atoms with Crippen LogP contribution in [0.2, 0.25) is 0 Å². The second-order valence-corrected chi connectivity index (χ2v) is 17.2. The van der Waals surface area contributed by atoms with Gasteiger partial charge in [0.15, 0.2) is 12.6 Å². The Balaban J connectivity index is 2.17. The Morgan fingerprint density at radius 1 is 0.942 bits per heavy atom. The van der Waals surface area contributed by atoms with Gasteiger partial charge in [-0.1, -0.05) is 20.8 Å². The first-order valence-corrected chi connectivity index (χ1v) is 19.1. The smallest absolute Gasteiger partial charge is 0.311 e. The minimum atomic E-state index is -1.80. The number of hydrogen-bond acceptors (Lipinski definition) is 14. The summed E-state index contributed by atoms with van der Waals surface area (Å²) in [5.74, 6) is -2.58. The van der Waals surface area contributed by atoms with Gasteiger partial charge in [-0.05, 0) is 94.8 Å². The highest BCUT2D eigenvalue weighted by Crippen LogP contribution is 2.40. The Hall–Kier alpha value is -1.01. The summed E-state index contributed by atoms with van der Waals surface area (Å²) in [6.07, 6.45) is -8.19. The van der Waals surface area contributed by atoms with Gasteiger partial charge in [0, 0.05) is 38.1 Å². The van der Waals surface area contributed by atoms with E-state index in [1.54, 1.807) is 41.5 Å². The number of methoxy groups -OCH3 is 1. The number of cyclic esters (lactones) is 1. The van der Waals surface area contributed by atoms with Gasteiger partial charge < -0.3 is 63.8 Å². The monoisotopic (exact) mass is 749 g/mol. The minimum absolute atomic E-state index is 0.133. The second kappa shape index (κ2) is 17.8. The Labute approximate surface area is 312 Å². The van der Waals surface area contributed by atoms with Crippen LogP contribution < -0.4 is 0 Å². The van der Waals surface area contributed by atoms with Crippen molar-refractivity contribution in [2.45, 2.75) is 185 Å². The van der Waals surface area contributed by atoms with E-state index in [1.165, 1.54) is 14.0 Å². The summed E-state index contributed by atoms with van der Waals surface area (Å²) in [7, 11) is 7.12. The fraction of sp³-hybridized carbons (Fsp3) is 0.974. The van der Waals surface area contributed by atoms with Crippen molar-refractivity contribution < 1.29 is 58.7 Å². The van der Waals surface area contributed by atoms with Crippen LogP contribution in [0.4, 0.5) is 0 Å². The molecule has 0 aromatic rings. The molecule has 3 aliphatic rings. The molecule has 3 aliphatic heterocycles. The van der Waals surface area contributed by atoms with Crippen LogP contribution in [-0.4, -0.2) is 166 Å². The van der Waals surface area contributed by atoms with Gasteiger partial charge in [-0.15, -0.1) is 0 Å². The summed E-state index contributed by atoms with van der Waals surface area (Å²) in [5, 5.41) is 58.1. The number of aliphatic hydroxyl groups is 5. The van der Waals surface area contributed by atoms with E-state index in [4.69, 9.17) is 28.4 Å². The molecule has 0 aromatic heterocycles. The first kappa shape index (κ1) is 45.4. The number of likely N-dealkylation sites (N-methyl/N-ethyl adjacent to an activating group) is 2. The zero-order chi connectivity index (χ0) is 39.7. The molecule has 0 spiro atoms. The molecule has 306 valence electrons. The third-order valence-electron chi connectivity index (χ3n) is 12.2. The fourth-order valence-electron chi connectivity index (χ4n) is 8.74. The summed E-state index contributed by atoms with van der Waals surface area (Å²) in [5.41, 5.74) is -4.37. The predicted octanol–water partition coefficient (Wildman–Crippen LogP) is 1.90. The summed E-state index contributed by atoms with van der Waals surface area (Å²) in [6, 6.07) is -0.808. The maximum absolute atomic E-state index is 14.2. The molecule has 5 N–H and O–H groups in total. The van der Waals surface area contributed by atoms with Crippen molar-refractivity contribution in [3.63, 3.8) is 0 Å². The van der Waals surface area contributed by atoms with Crippen LogP contribution in [0.3, 0.4) is 0 Å². The molecular formula is C38H72N2O12. The molecule has 14 nitrogen and oxygen atoms in total. The van der Waals surface area contributed by atoms with Crippen molar-refractivity contribution in [1.29, 1.82) is 0 Å². The van der Waals surface area contributed by atoms with Gasteiger partial charge >= 0.3 is 5.97 Å². The fourth-order valence-corrected chi connectivity index (χ4v) is 8.74. The molecule has 18 atom stereocenters. The number of aliphatic hydroxyl groups excluding tert-OH is 3. The van der Waals surface area contributed by atoms with E-state index in [0.29, 0.717) is 13.0 Å². The van der Waals surface area contributed by atoms with Crippen molar-refractivity contribution in [1.82, 2.24) is 9.80 Å². The lowest BCUT2D eigenvalue weighted by molar-refractivity contribution is -0.318. The second-order valence-electron chi connectivity index (χ2n) is 17.2. The molecule has 0 saturated carbocycles. The highest BCUT2D eigenvalue weighted by Gasteiger charge is 2.52. The Morgan fingerprint density at radius 2 is 1.56 bits per heavy atom. The van der Waals surface area contributed by atoms with Gasteiger partial charge in [-0.3, -0.25) is 4.79 Å². The molecule has 3 rings (SSSR count). The van der Waals surface area contributed by atoms with Gasteiger partial charge in [-0.2, -0.15) is 0 Å². The Bertz CT molecular complexity index is 1140. The molecule has 3 heterocycles. The van der Waals surface area contributed by atoms with Gasteiger partial charge in [-0.25, -0.2) is 0 Å². The number of esters is 1. The van der Waals surface area contributed by atoms with Crippen molar-refractivity contribution in [3.8, 4) is 0 Å². The lowest BCUT2D eigenvalue weighted by atomic mass is 9.77. The lowest BCUT2D eigenvalue weighted by Crippen LogP contribution is -2.60. The maximum atomic E-state index is 14.2. The number of carbonyl (C=O) groups is 1. The van der Waals surface area contributed by atoms with Crippen molar-refractivity contribution in [2.24, 2.45) is 17.8 Å². The maximum Gasteiger partial charge on any atom is 0.311 e. The number of rotatable bonds is 7. The summed E-state index contributed by atoms with van der Waals surface area (Å²) < 4.78 is 37.5. The van der Waals surface area contributed by atoms with E-state index in [0.717, 1.165) is 0 Å². The molecule has 0 amide bonds. The first-order chi connectivity index (χ1) is 23.9. The van der Waals surface area contributed by atoms with Crippen LogP contribution >= 0.6 is 0 Å². The van der Waals surface area contributed by atoms with Crippen LogP contribution in [-0.2, 0) is 33.2 Å². The number of ether oxygens (including phenoxy) is 6. The SMILES string of the molecule is CC[C@H]1OC(=O)[C@H](C)[C@@H](O[C@H]2C[C@@](C)(OC)[C@@H](O)[C@H](C)O2)C(C)[C@@H](O[C@@H]2O[C@H](C)CC(N(C)C)[C@H]2O)[C@](C)(O)C[C@@H](C)CN(C)[C@H](C)[C@@H](O)[C@]1(C)O. The molecule has 3 fully saturated rings. The zero-order valence-electron chi connectivity index (χ0n) is 34.2. The topological polar surface area (TPSA) is 180 Å².